The third-order valence-corrected chi connectivity index (χ3v) is 6.50. The summed E-state index contributed by atoms with van der Waals surface area (Å²) in [5, 5.41) is 4.23. The fourth-order valence-corrected chi connectivity index (χ4v) is 4.89. The van der Waals surface area contributed by atoms with Crippen molar-refractivity contribution >= 4 is 34.3 Å². The molecule has 0 fully saturated rings. The van der Waals surface area contributed by atoms with Gasteiger partial charge in [0.25, 0.3) is 0 Å². The van der Waals surface area contributed by atoms with Crippen LogP contribution < -0.4 is 5.32 Å². The number of amides is 1. The highest BCUT2D eigenvalue weighted by molar-refractivity contribution is 8.00. The highest BCUT2D eigenvalue weighted by Crippen LogP contribution is 2.31. The minimum Gasteiger partial charge on any atom is -0.342 e. The van der Waals surface area contributed by atoms with Crippen LogP contribution in [-0.4, -0.2) is 16.2 Å². The van der Waals surface area contributed by atoms with Gasteiger partial charge in [-0.3, -0.25) is 4.79 Å². The van der Waals surface area contributed by atoms with Crippen LogP contribution in [0.2, 0.25) is 0 Å². The SMILES string of the molecule is Cc1cc(C)cc(NC(=O)CSc2cn(Cc3cc(C)ccc3C)c3ccccc23)c1. The van der Waals surface area contributed by atoms with Gasteiger partial charge >= 0.3 is 0 Å². The summed E-state index contributed by atoms with van der Waals surface area (Å²) in [6, 6.07) is 21.1. The molecule has 4 aromatic rings. The van der Waals surface area contributed by atoms with Crippen LogP contribution in [0.5, 0.6) is 0 Å². The number of rotatable bonds is 6. The molecule has 0 atom stereocenters. The molecule has 0 aliphatic heterocycles. The molecule has 1 aromatic heterocycles. The number of anilines is 1. The van der Waals surface area contributed by atoms with Crippen LogP contribution in [0.15, 0.2) is 71.8 Å². The number of para-hydroxylation sites is 1. The maximum absolute atomic E-state index is 12.6. The van der Waals surface area contributed by atoms with Gasteiger partial charge in [0, 0.05) is 34.2 Å². The summed E-state index contributed by atoms with van der Waals surface area (Å²) in [5.74, 6) is 0.395. The topological polar surface area (TPSA) is 34.0 Å². The smallest absolute Gasteiger partial charge is 0.234 e. The summed E-state index contributed by atoms with van der Waals surface area (Å²) in [6.45, 7) is 9.20. The molecule has 4 heteroatoms. The predicted molar refractivity (Wildman–Crippen MR) is 132 cm³/mol. The second-order valence-electron chi connectivity index (χ2n) is 8.28. The summed E-state index contributed by atoms with van der Waals surface area (Å²) < 4.78 is 2.29. The Morgan fingerprint density at radius 2 is 1.65 bits per heavy atom. The molecule has 0 aliphatic rings. The summed E-state index contributed by atoms with van der Waals surface area (Å²) in [6.07, 6.45) is 2.18. The van der Waals surface area contributed by atoms with Gasteiger partial charge in [0.1, 0.15) is 0 Å². The number of hydrogen-bond donors (Lipinski definition) is 1. The van der Waals surface area contributed by atoms with Crippen LogP contribution in [0, 0.1) is 27.7 Å². The first-order valence-corrected chi connectivity index (χ1v) is 11.5. The Kier molecular flexibility index (Phi) is 6.19. The van der Waals surface area contributed by atoms with Crippen LogP contribution >= 0.6 is 11.8 Å². The third-order valence-electron chi connectivity index (χ3n) is 5.46. The van der Waals surface area contributed by atoms with E-state index in [1.54, 1.807) is 11.8 Å². The van der Waals surface area contributed by atoms with E-state index in [4.69, 9.17) is 0 Å². The number of aromatic nitrogens is 1. The van der Waals surface area contributed by atoms with E-state index in [0.29, 0.717) is 5.75 Å². The Hall–Kier alpha value is -2.98. The first kappa shape index (κ1) is 21.3. The van der Waals surface area contributed by atoms with Crippen LogP contribution in [0.4, 0.5) is 5.69 Å². The second kappa shape index (κ2) is 9.03. The number of carbonyl (C=O) groups is 1. The normalized spacial score (nSPS) is 11.1. The summed E-state index contributed by atoms with van der Waals surface area (Å²) in [4.78, 5) is 13.7. The van der Waals surface area contributed by atoms with Crippen molar-refractivity contribution < 1.29 is 4.79 Å². The van der Waals surface area contributed by atoms with Crippen molar-refractivity contribution in [2.45, 2.75) is 39.1 Å². The number of benzene rings is 3. The molecule has 0 radical (unpaired) electrons. The molecule has 3 nitrogen and oxygen atoms in total. The van der Waals surface area contributed by atoms with E-state index in [-0.39, 0.29) is 5.91 Å². The van der Waals surface area contributed by atoms with E-state index >= 15 is 0 Å². The van der Waals surface area contributed by atoms with Crippen LogP contribution in [0.3, 0.4) is 0 Å². The Bertz CT molecular complexity index is 1240. The Morgan fingerprint density at radius 3 is 2.42 bits per heavy atom. The molecule has 31 heavy (non-hydrogen) atoms. The molecule has 0 unspecified atom stereocenters. The zero-order valence-corrected chi connectivity index (χ0v) is 19.3. The summed E-state index contributed by atoms with van der Waals surface area (Å²) in [7, 11) is 0. The van der Waals surface area contributed by atoms with E-state index < -0.39 is 0 Å². The summed E-state index contributed by atoms with van der Waals surface area (Å²) >= 11 is 1.59. The molecule has 0 saturated carbocycles. The largest absolute Gasteiger partial charge is 0.342 e. The van der Waals surface area contributed by atoms with Gasteiger partial charge in [0.2, 0.25) is 5.91 Å². The second-order valence-corrected chi connectivity index (χ2v) is 9.30. The number of nitrogens with one attached hydrogen (secondary N) is 1. The van der Waals surface area contributed by atoms with Crippen molar-refractivity contribution in [1.82, 2.24) is 4.57 Å². The number of aryl methyl sites for hydroxylation is 4. The molecular formula is C27H28N2OS. The van der Waals surface area contributed by atoms with Gasteiger partial charge in [0.05, 0.1) is 5.75 Å². The fourth-order valence-electron chi connectivity index (χ4n) is 4.00. The maximum Gasteiger partial charge on any atom is 0.234 e. The van der Waals surface area contributed by atoms with Gasteiger partial charge in [-0.2, -0.15) is 0 Å². The molecule has 3 aromatic carbocycles. The highest BCUT2D eigenvalue weighted by Gasteiger charge is 2.12. The molecule has 0 bridgehead atoms. The van der Waals surface area contributed by atoms with Crippen molar-refractivity contribution in [2.75, 3.05) is 11.1 Å². The van der Waals surface area contributed by atoms with Crippen molar-refractivity contribution in [2.24, 2.45) is 0 Å². The quantitative estimate of drug-likeness (QED) is 0.349. The van der Waals surface area contributed by atoms with E-state index in [2.05, 4.69) is 78.5 Å². The molecular weight excluding hydrogens is 400 g/mol. The monoisotopic (exact) mass is 428 g/mol. The average molecular weight is 429 g/mol. The highest BCUT2D eigenvalue weighted by atomic mass is 32.2. The lowest BCUT2D eigenvalue weighted by atomic mass is 10.1. The lowest BCUT2D eigenvalue weighted by Gasteiger charge is -2.09. The van der Waals surface area contributed by atoms with E-state index in [1.807, 2.05) is 26.0 Å². The summed E-state index contributed by atoms with van der Waals surface area (Å²) in [5.41, 5.74) is 8.25. The predicted octanol–water partition coefficient (Wildman–Crippen LogP) is 6.65. The fraction of sp³-hybridized carbons (Fsp3) is 0.222. The van der Waals surface area contributed by atoms with Gasteiger partial charge in [-0.25, -0.2) is 0 Å². The van der Waals surface area contributed by atoms with E-state index in [0.717, 1.165) is 28.3 Å². The Balaban J connectivity index is 1.53. The van der Waals surface area contributed by atoms with Gasteiger partial charge in [-0.1, -0.05) is 48.0 Å². The number of thioether (sulfide) groups is 1. The Labute approximate surface area is 188 Å². The zero-order chi connectivity index (χ0) is 22.0. The first-order valence-electron chi connectivity index (χ1n) is 10.5. The number of hydrogen-bond acceptors (Lipinski definition) is 2. The maximum atomic E-state index is 12.6. The molecule has 0 spiro atoms. The lowest BCUT2D eigenvalue weighted by molar-refractivity contribution is -0.113. The van der Waals surface area contributed by atoms with E-state index in [9.17, 15) is 4.79 Å². The first-order chi connectivity index (χ1) is 14.9. The third kappa shape index (κ3) is 5.02. The molecule has 1 heterocycles. The van der Waals surface area contributed by atoms with Crippen molar-refractivity contribution in [3.63, 3.8) is 0 Å². The lowest BCUT2D eigenvalue weighted by Crippen LogP contribution is -2.14. The van der Waals surface area contributed by atoms with Crippen LogP contribution in [-0.2, 0) is 11.3 Å². The molecule has 0 saturated heterocycles. The van der Waals surface area contributed by atoms with Crippen molar-refractivity contribution in [3.05, 3.63) is 94.7 Å². The minimum atomic E-state index is 0.0151. The molecule has 1 amide bonds. The number of fused-ring (bicyclic) bond motifs is 1. The molecule has 4 rings (SSSR count). The van der Waals surface area contributed by atoms with Gasteiger partial charge in [-0.05, 0) is 68.1 Å². The average Bonchev–Trinajstić information content (AvgIpc) is 3.06. The molecule has 1 N–H and O–H groups in total. The van der Waals surface area contributed by atoms with Crippen LogP contribution in [0.25, 0.3) is 10.9 Å². The Morgan fingerprint density at radius 1 is 0.903 bits per heavy atom. The number of carbonyl (C=O) groups excluding carboxylic acids is 1. The molecule has 158 valence electrons. The van der Waals surface area contributed by atoms with Gasteiger partial charge in [-0.15, -0.1) is 11.8 Å². The van der Waals surface area contributed by atoms with Gasteiger partial charge in [0.15, 0.2) is 0 Å². The van der Waals surface area contributed by atoms with Crippen molar-refractivity contribution in [3.8, 4) is 0 Å². The minimum absolute atomic E-state index is 0.0151. The van der Waals surface area contributed by atoms with Crippen molar-refractivity contribution in [1.29, 1.82) is 0 Å². The van der Waals surface area contributed by atoms with Crippen LogP contribution in [0.1, 0.15) is 27.8 Å². The van der Waals surface area contributed by atoms with E-state index in [1.165, 1.54) is 27.6 Å². The zero-order valence-electron chi connectivity index (χ0n) is 18.5. The molecule has 0 aliphatic carbocycles. The van der Waals surface area contributed by atoms with Gasteiger partial charge < -0.3 is 9.88 Å². The standard InChI is InChI=1S/C27H28N2OS/c1-18-9-10-21(4)22(12-18)15-29-16-26(24-7-5-6-8-25(24)29)31-17-27(30)28-23-13-19(2)11-20(3)14-23/h5-14,16H,15,17H2,1-4H3,(H,28,30). The number of nitrogens with zero attached hydrogens (tertiary/aromatic N) is 1.